The van der Waals surface area contributed by atoms with Gasteiger partial charge in [0.25, 0.3) is 0 Å². The lowest BCUT2D eigenvalue weighted by Crippen LogP contribution is -2.31. The van der Waals surface area contributed by atoms with Crippen LogP contribution in [0.4, 0.5) is 0 Å². The molecule has 1 saturated heterocycles. The highest BCUT2D eigenvalue weighted by Crippen LogP contribution is 2.32. The van der Waals surface area contributed by atoms with Crippen molar-refractivity contribution in [3.8, 4) is 11.5 Å². The number of aromatic nitrogens is 1. The molecule has 152 valence electrons. The lowest BCUT2D eigenvalue weighted by atomic mass is 10.1. The zero-order valence-corrected chi connectivity index (χ0v) is 17.1. The Morgan fingerprint density at radius 1 is 1.00 bits per heavy atom. The van der Waals surface area contributed by atoms with E-state index >= 15 is 0 Å². The number of rotatable bonds is 8. The van der Waals surface area contributed by atoms with Crippen molar-refractivity contribution in [2.75, 3.05) is 27.4 Å². The molecule has 29 heavy (non-hydrogen) atoms. The number of pyridine rings is 1. The molecule has 5 nitrogen and oxygen atoms in total. The highest BCUT2D eigenvalue weighted by atomic mass is 16.5. The highest BCUT2D eigenvalue weighted by Gasteiger charge is 2.22. The van der Waals surface area contributed by atoms with Crippen LogP contribution in [-0.4, -0.2) is 43.4 Å². The Balaban J connectivity index is 1.63. The number of benzene rings is 2. The SMILES string of the molecule is COc1cccc(CN(Cc2ccnc3ccccc23)C[C@H]2CCCO2)c1OC. The van der Waals surface area contributed by atoms with E-state index in [1.165, 1.54) is 10.9 Å². The number of para-hydroxylation sites is 2. The van der Waals surface area contributed by atoms with Gasteiger partial charge in [0.05, 0.1) is 25.8 Å². The normalized spacial score (nSPS) is 16.4. The second-order valence-electron chi connectivity index (χ2n) is 7.44. The first-order chi connectivity index (χ1) is 14.3. The van der Waals surface area contributed by atoms with Gasteiger partial charge >= 0.3 is 0 Å². The summed E-state index contributed by atoms with van der Waals surface area (Å²) in [6.07, 6.45) is 4.43. The van der Waals surface area contributed by atoms with E-state index in [2.05, 4.69) is 40.2 Å². The minimum atomic E-state index is 0.278. The molecule has 0 bridgehead atoms. The summed E-state index contributed by atoms with van der Waals surface area (Å²) in [4.78, 5) is 6.95. The topological polar surface area (TPSA) is 43.8 Å². The van der Waals surface area contributed by atoms with Crippen LogP contribution in [0.25, 0.3) is 10.9 Å². The molecule has 0 unspecified atom stereocenters. The van der Waals surface area contributed by atoms with Crippen molar-refractivity contribution >= 4 is 10.9 Å². The molecule has 0 amide bonds. The fraction of sp³-hybridized carbons (Fsp3) is 0.375. The minimum absolute atomic E-state index is 0.278. The summed E-state index contributed by atoms with van der Waals surface area (Å²) in [5.74, 6) is 1.56. The number of fused-ring (bicyclic) bond motifs is 1. The summed E-state index contributed by atoms with van der Waals surface area (Å²) in [6.45, 7) is 3.33. The molecule has 2 aromatic carbocycles. The van der Waals surface area contributed by atoms with Crippen molar-refractivity contribution in [3.05, 3.63) is 65.9 Å². The molecular formula is C24H28N2O3. The maximum Gasteiger partial charge on any atom is 0.165 e. The van der Waals surface area contributed by atoms with Crippen molar-refractivity contribution < 1.29 is 14.2 Å². The quantitative estimate of drug-likeness (QED) is 0.567. The van der Waals surface area contributed by atoms with Gasteiger partial charge in [-0.3, -0.25) is 9.88 Å². The van der Waals surface area contributed by atoms with Crippen LogP contribution >= 0.6 is 0 Å². The predicted octanol–water partition coefficient (Wildman–Crippen LogP) is 4.43. The lowest BCUT2D eigenvalue weighted by Gasteiger charge is -2.27. The van der Waals surface area contributed by atoms with Gasteiger partial charge in [0.2, 0.25) is 0 Å². The van der Waals surface area contributed by atoms with Crippen LogP contribution in [0.3, 0.4) is 0 Å². The molecule has 5 heteroatoms. The zero-order chi connectivity index (χ0) is 20.1. The van der Waals surface area contributed by atoms with E-state index in [0.717, 1.165) is 61.7 Å². The maximum atomic E-state index is 5.94. The summed E-state index contributed by atoms with van der Waals surface area (Å²) >= 11 is 0. The van der Waals surface area contributed by atoms with E-state index in [1.54, 1.807) is 14.2 Å². The molecule has 1 fully saturated rings. The van der Waals surface area contributed by atoms with Crippen LogP contribution in [0.1, 0.15) is 24.0 Å². The molecule has 0 radical (unpaired) electrons. The second-order valence-corrected chi connectivity index (χ2v) is 7.44. The Labute approximate surface area is 172 Å². The molecule has 1 atom stereocenters. The number of hydrogen-bond acceptors (Lipinski definition) is 5. The fourth-order valence-electron chi connectivity index (χ4n) is 4.11. The van der Waals surface area contributed by atoms with Gasteiger partial charge in [0.1, 0.15) is 0 Å². The van der Waals surface area contributed by atoms with Gasteiger partial charge < -0.3 is 14.2 Å². The number of methoxy groups -OCH3 is 2. The van der Waals surface area contributed by atoms with Crippen molar-refractivity contribution in [1.29, 1.82) is 0 Å². The van der Waals surface area contributed by atoms with E-state index in [1.807, 2.05) is 24.4 Å². The average molecular weight is 392 g/mol. The Bertz CT molecular complexity index is 949. The van der Waals surface area contributed by atoms with Gasteiger partial charge in [-0.25, -0.2) is 0 Å². The van der Waals surface area contributed by atoms with E-state index < -0.39 is 0 Å². The molecule has 0 saturated carbocycles. The first kappa shape index (κ1) is 19.7. The van der Waals surface area contributed by atoms with Gasteiger partial charge in [-0.15, -0.1) is 0 Å². The molecule has 1 aliphatic rings. The largest absolute Gasteiger partial charge is 0.493 e. The van der Waals surface area contributed by atoms with Crippen molar-refractivity contribution in [2.45, 2.75) is 32.0 Å². The van der Waals surface area contributed by atoms with Crippen molar-refractivity contribution in [2.24, 2.45) is 0 Å². The summed E-state index contributed by atoms with van der Waals surface area (Å²) in [5.41, 5.74) is 3.42. The van der Waals surface area contributed by atoms with Crippen LogP contribution in [0.15, 0.2) is 54.7 Å². The van der Waals surface area contributed by atoms with Crippen molar-refractivity contribution in [3.63, 3.8) is 0 Å². The number of nitrogens with zero attached hydrogens (tertiary/aromatic N) is 2. The van der Waals surface area contributed by atoms with E-state index in [-0.39, 0.29) is 6.10 Å². The fourth-order valence-corrected chi connectivity index (χ4v) is 4.11. The second kappa shape index (κ2) is 9.25. The Hall–Kier alpha value is -2.63. The standard InChI is InChI=1S/C24H28N2O3/c1-27-23-11-5-7-19(24(23)28-2)16-26(17-20-8-6-14-29-20)15-18-12-13-25-22-10-4-3-9-21(18)22/h3-5,7,9-13,20H,6,8,14-17H2,1-2H3/t20-/m1/s1. The van der Waals surface area contributed by atoms with Crippen molar-refractivity contribution in [1.82, 2.24) is 9.88 Å². The first-order valence-corrected chi connectivity index (χ1v) is 10.1. The van der Waals surface area contributed by atoms with E-state index in [0.29, 0.717) is 0 Å². The van der Waals surface area contributed by atoms with Gasteiger partial charge in [-0.05, 0) is 36.6 Å². The van der Waals surface area contributed by atoms with Crippen LogP contribution in [0, 0.1) is 0 Å². The predicted molar refractivity (Wildman–Crippen MR) is 114 cm³/mol. The molecule has 4 rings (SSSR count). The summed E-state index contributed by atoms with van der Waals surface area (Å²) < 4.78 is 17.1. The first-order valence-electron chi connectivity index (χ1n) is 10.1. The van der Waals surface area contributed by atoms with Gasteiger partial charge in [0, 0.05) is 43.4 Å². The molecule has 3 aromatic rings. The number of hydrogen-bond donors (Lipinski definition) is 0. The van der Waals surface area contributed by atoms with Crippen LogP contribution in [0.2, 0.25) is 0 Å². The van der Waals surface area contributed by atoms with E-state index in [4.69, 9.17) is 14.2 Å². The van der Waals surface area contributed by atoms with Crippen LogP contribution in [-0.2, 0) is 17.8 Å². The Kier molecular flexibility index (Phi) is 6.27. The zero-order valence-electron chi connectivity index (χ0n) is 17.1. The smallest absolute Gasteiger partial charge is 0.165 e. The monoisotopic (exact) mass is 392 g/mol. The third-order valence-electron chi connectivity index (χ3n) is 5.50. The molecular weight excluding hydrogens is 364 g/mol. The van der Waals surface area contributed by atoms with Crippen LogP contribution < -0.4 is 9.47 Å². The third kappa shape index (κ3) is 4.52. The molecule has 0 aliphatic carbocycles. The Morgan fingerprint density at radius 2 is 1.86 bits per heavy atom. The van der Waals surface area contributed by atoms with Gasteiger partial charge in [0.15, 0.2) is 11.5 Å². The third-order valence-corrected chi connectivity index (χ3v) is 5.50. The molecule has 0 spiro atoms. The minimum Gasteiger partial charge on any atom is -0.493 e. The average Bonchev–Trinajstić information content (AvgIpc) is 3.27. The highest BCUT2D eigenvalue weighted by molar-refractivity contribution is 5.81. The van der Waals surface area contributed by atoms with Gasteiger partial charge in [-0.1, -0.05) is 30.3 Å². The van der Waals surface area contributed by atoms with Crippen LogP contribution in [0.5, 0.6) is 11.5 Å². The van der Waals surface area contributed by atoms with E-state index in [9.17, 15) is 0 Å². The molecule has 1 aromatic heterocycles. The summed E-state index contributed by atoms with van der Waals surface area (Å²) in [7, 11) is 3.37. The summed E-state index contributed by atoms with van der Waals surface area (Å²) in [6, 6.07) is 16.5. The van der Waals surface area contributed by atoms with Gasteiger partial charge in [-0.2, -0.15) is 0 Å². The lowest BCUT2D eigenvalue weighted by molar-refractivity contribution is 0.0677. The molecule has 2 heterocycles. The summed E-state index contributed by atoms with van der Waals surface area (Å²) in [5, 5.41) is 1.20. The maximum absolute atomic E-state index is 5.94. The Morgan fingerprint density at radius 3 is 2.66 bits per heavy atom. The molecule has 1 aliphatic heterocycles. The number of ether oxygens (including phenoxy) is 3. The molecule has 0 N–H and O–H groups in total.